The maximum atomic E-state index is 12.1. The molecule has 3 nitrogen and oxygen atoms in total. The predicted octanol–water partition coefficient (Wildman–Crippen LogP) is 3.42. The zero-order valence-electron chi connectivity index (χ0n) is 12.3. The van der Waals surface area contributed by atoms with Gasteiger partial charge in [-0.15, -0.1) is 0 Å². The minimum absolute atomic E-state index is 0.186. The molecule has 0 spiro atoms. The van der Waals surface area contributed by atoms with Gasteiger partial charge in [0.05, 0.1) is 11.3 Å². The number of ketones is 1. The van der Waals surface area contributed by atoms with Gasteiger partial charge in [0.25, 0.3) is 5.56 Å². The van der Waals surface area contributed by atoms with Crippen molar-refractivity contribution in [3.05, 3.63) is 56.9 Å². The number of carbonyl (C=O) groups is 1. The van der Waals surface area contributed by atoms with Gasteiger partial charge in [-0.2, -0.15) is 0 Å². The van der Waals surface area contributed by atoms with E-state index in [0.29, 0.717) is 0 Å². The van der Waals surface area contributed by atoms with Gasteiger partial charge in [-0.1, -0.05) is 36.8 Å². The van der Waals surface area contributed by atoms with Crippen molar-refractivity contribution >= 4 is 5.78 Å². The fourth-order valence-electron chi connectivity index (χ4n) is 2.59. The number of carbonyl (C=O) groups excluding carboxylic acids is 1. The summed E-state index contributed by atoms with van der Waals surface area (Å²) in [5, 5.41) is 0. The summed E-state index contributed by atoms with van der Waals surface area (Å²) in [4.78, 5) is 26.6. The molecule has 0 bridgehead atoms. The number of Topliss-reactive ketones (excluding diaryl/α,β-unsaturated/α-hetero) is 1. The van der Waals surface area contributed by atoms with E-state index in [2.05, 4.69) is 4.98 Å². The van der Waals surface area contributed by atoms with E-state index >= 15 is 0 Å². The molecule has 0 radical (unpaired) electrons. The highest BCUT2D eigenvalue weighted by Crippen LogP contribution is 2.25. The molecule has 2 aromatic rings. The van der Waals surface area contributed by atoms with E-state index in [1.165, 1.54) is 12.5 Å². The molecule has 20 heavy (non-hydrogen) atoms. The minimum atomic E-state index is -0.303. The first-order valence-electron chi connectivity index (χ1n) is 6.79. The van der Waals surface area contributed by atoms with Gasteiger partial charge in [-0.05, 0) is 43.9 Å². The number of hydrogen-bond acceptors (Lipinski definition) is 2. The summed E-state index contributed by atoms with van der Waals surface area (Å²) < 4.78 is 0. The Kier molecular flexibility index (Phi) is 3.89. The number of rotatable bonds is 3. The molecule has 0 aliphatic rings. The standard InChI is InChI=1S/C17H19NO2/c1-5-14-11(3)15(12(4)19)17(20)18-16(14)13-8-6-10(2)7-9-13/h6-9H,5H2,1-4H3,(H,18,20). The lowest BCUT2D eigenvalue weighted by Gasteiger charge is -2.14. The van der Waals surface area contributed by atoms with Gasteiger partial charge in [0, 0.05) is 0 Å². The third-order valence-corrected chi connectivity index (χ3v) is 3.64. The van der Waals surface area contributed by atoms with E-state index < -0.39 is 0 Å². The zero-order chi connectivity index (χ0) is 14.9. The Morgan fingerprint density at radius 1 is 1.15 bits per heavy atom. The monoisotopic (exact) mass is 269 g/mol. The number of aromatic amines is 1. The third kappa shape index (κ3) is 2.44. The number of pyridine rings is 1. The van der Waals surface area contributed by atoms with Gasteiger partial charge < -0.3 is 4.98 Å². The van der Waals surface area contributed by atoms with E-state index in [9.17, 15) is 9.59 Å². The van der Waals surface area contributed by atoms with Crippen LogP contribution in [-0.2, 0) is 6.42 Å². The first kappa shape index (κ1) is 14.3. The van der Waals surface area contributed by atoms with Crippen LogP contribution >= 0.6 is 0 Å². The lowest BCUT2D eigenvalue weighted by atomic mass is 9.95. The van der Waals surface area contributed by atoms with Crippen molar-refractivity contribution in [2.75, 3.05) is 0 Å². The molecule has 0 atom stereocenters. The van der Waals surface area contributed by atoms with E-state index in [0.717, 1.165) is 28.8 Å². The highest BCUT2D eigenvalue weighted by atomic mass is 16.1. The van der Waals surface area contributed by atoms with Crippen LogP contribution in [0.3, 0.4) is 0 Å². The van der Waals surface area contributed by atoms with Crippen LogP contribution in [-0.4, -0.2) is 10.8 Å². The number of benzene rings is 1. The van der Waals surface area contributed by atoms with Crippen LogP contribution in [0.5, 0.6) is 0 Å². The average molecular weight is 269 g/mol. The second-order valence-electron chi connectivity index (χ2n) is 5.08. The van der Waals surface area contributed by atoms with Crippen molar-refractivity contribution in [1.29, 1.82) is 0 Å². The summed E-state index contributed by atoms with van der Waals surface area (Å²) in [6.07, 6.45) is 0.770. The van der Waals surface area contributed by atoms with Crippen LogP contribution in [0.1, 0.15) is 40.9 Å². The Morgan fingerprint density at radius 3 is 2.25 bits per heavy atom. The first-order valence-corrected chi connectivity index (χ1v) is 6.79. The maximum Gasteiger partial charge on any atom is 0.259 e. The predicted molar refractivity (Wildman–Crippen MR) is 81.4 cm³/mol. The normalized spacial score (nSPS) is 10.6. The molecule has 3 heteroatoms. The van der Waals surface area contributed by atoms with Crippen molar-refractivity contribution in [3.8, 4) is 11.3 Å². The van der Waals surface area contributed by atoms with E-state index in [1.54, 1.807) is 0 Å². The second kappa shape index (κ2) is 5.45. The fourth-order valence-corrected chi connectivity index (χ4v) is 2.59. The molecule has 0 unspecified atom stereocenters. The summed E-state index contributed by atoms with van der Waals surface area (Å²) in [5.74, 6) is -0.186. The lowest BCUT2D eigenvalue weighted by molar-refractivity contribution is 0.101. The van der Waals surface area contributed by atoms with E-state index in [-0.39, 0.29) is 16.9 Å². The van der Waals surface area contributed by atoms with Gasteiger partial charge in [0.1, 0.15) is 0 Å². The van der Waals surface area contributed by atoms with E-state index in [1.807, 2.05) is 45.0 Å². The Bertz CT molecular complexity index is 709. The average Bonchev–Trinajstić information content (AvgIpc) is 2.38. The number of aromatic nitrogens is 1. The molecule has 1 N–H and O–H groups in total. The topological polar surface area (TPSA) is 49.9 Å². The summed E-state index contributed by atoms with van der Waals surface area (Å²) >= 11 is 0. The summed E-state index contributed by atoms with van der Waals surface area (Å²) in [6.45, 7) is 7.34. The number of H-pyrrole nitrogens is 1. The third-order valence-electron chi connectivity index (χ3n) is 3.64. The molecule has 0 saturated carbocycles. The molecule has 0 saturated heterocycles. The van der Waals surface area contributed by atoms with Gasteiger partial charge in [-0.25, -0.2) is 0 Å². The first-order chi connectivity index (χ1) is 9.45. The summed E-state index contributed by atoms with van der Waals surface area (Å²) in [5.41, 5.74) is 4.76. The molecule has 0 aliphatic heterocycles. The number of hydrogen-bond donors (Lipinski definition) is 1. The Hall–Kier alpha value is -2.16. The van der Waals surface area contributed by atoms with Crippen molar-refractivity contribution in [1.82, 2.24) is 4.98 Å². The zero-order valence-corrected chi connectivity index (χ0v) is 12.3. The summed E-state index contributed by atoms with van der Waals surface area (Å²) in [7, 11) is 0. The molecule has 1 aromatic carbocycles. The molecule has 2 rings (SSSR count). The highest BCUT2D eigenvalue weighted by Gasteiger charge is 2.17. The quantitative estimate of drug-likeness (QED) is 0.868. The van der Waals surface area contributed by atoms with Gasteiger partial charge in [0.2, 0.25) is 0 Å². The Balaban J connectivity index is 2.75. The minimum Gasteiger partial charge on any atom is -0.321 e. The molecular weight excluding hydrogens is 250 g/mol. The summed E-state index contributed by atoms with van der Waals surface area (Å²) in [6, 6.07) is 8.02. The van der Waals surface area contributed by atoms with Crippen LogP contribution in [0, 0.1) is 13.8 Å². The van der Waals surface area contributed by atoms with Crippen molar-refractivity contribution in [3.63, 3.8) is 0 Å². The van der Waals surface area contributed by atoms with Crippen molar-refractivity contribution < 1.29 is 4.79 Å². The largest absolute Gasteiger partial charge is 0.321 e. The molecule has 104 valence electrons. The van der Waals surface area contributed by atoms with Gasteiger partial charge in [-0.3, -0.25) is 9.59 Å². The number of nitrogens with one attached hydrogen (secondary N) is 1. The smallest absolute Gasteiger partial charge is 0.259 e. The molecule has 0 amide bonds. The van der Waals surface area contributed by atoms with Crippen LogP contribution in [0.2, 0.25) is 0 Å². The molecule has 0 aliphatic carbocycles. The van der Waals surface area contributed by atoms with Crippen molar-refractivity contribution in [2.45, 2.75) is 34.1 Å². The lowest BCUT2D eigenvalue weighted by Crippen LogP contribution is -2.21. The van der Waals surface area contributed by atoms with Crippen molar-refractivity contribution in [2.24, 2.45) is 0 Å². The maximum absolute atomic E-state index is 12.1. The highest BCUT2D eigenvalue weighted by molar-refractivity contribution is 5.96. The molecule has 1 aromatic heterocycles. The van der Waals surface area contributed by atoms with Crippen LogP contribution in [0.15, 0.2) is 29.1 Å². The molecular formula is C17H19NO2. The fraction of sp³-hybridized carbons (Fsp3) is 0.294. The Labute approximate surface area is 118 Å². The molecule has 0 fully saturated rings. The van der Waals surface area contributed by atoms with Gasteiger partial charge in [0.15, 0.2) is 5.78 Å². The SMILES string of the molecule is CCc1c(-c2ccc(C)cc2)[nH]c(=O)c(C(C)=O)c1C. The van der Waals surface area contributed by atoms with E-state index in [4.69, 9.17) is 0 Å². The van der Waals surface area contributed by atoms with Crippen LogP contribution in [0.4, 0.5) is 0 Å². The van der Waals surface area contributed by atoms with Gasteiger partial charge >= 0.3 is 0 Å². The van der Waals surface area contributed by atoms with Crippen LogP contribution < -0.4 is 5.56 Å². The second-order valence-corrected chi connectivity index (χ2v) is 5.08. The Morgan fingerprint density at radius 2 is 1.75 bits per heavy atom. The molecule has 1 heterocycles. The van der Waals surface area contributed by atoms with Crippen LogP contribution in [0.25, 0.3) is 11.3 Å². The number of aryl methyl sites for hydroxylation is 1.